The molecule has 3 aromatic carbocycles. The summed E-state index contributed by atoms with van der Waals surface area (Å²) in [6, 6.07) is 23.7. The van der Waals surface area contributed by atoms with Gasteiger partial charge in [-0.25, -0.2) is 4.39 Å². The normalized spacial score (nSPS) is 12.1. The van der Waals surface area contributed by atoms with Gasteiger partial charge in [0.1, 0.15) is 5.82 Å². The predicted octanol–water partition coefficient (Wildman–Crippen LogP) is 6.39. The van der Waals surface area contributed by atoms with Gasteiger partial charge in [-0.1, -0.05) is 42.5 Å². The maximum absolute atomic E-state index is 14.1. The quantitative estimate of drug-likeness (QED) is 0.290. The third kappa shape index (κ3) is 1.86. The zero-order chi connectivity index (χ0) is 18.1. The van der Waals surface area contributed by atoms with Gasteiger partial charge in [-0.2, -0.15) is 0 Å². The van der Waals surface area contributed by atoms with Crippen molar-refractivity contribution >= 4 is 49.0 Å². The molecule has 0 fully saturated rings. The van der Waals surface area contributed by atoms with Gasteiger partial charge in [-0.3, -0.25) is 4.98 Å². The average Bonchev–Trinajstić information content (AvgIpc) is 3.10. The van der Waals surface area contributed by atoms with Crippen LogP contribution in [0.5, 0.6) is 0 Å². The van der Waals surface area contributed by atoms with Crippen molar-refractivity contribution in [3.63, 3.8) is 0 Å². The van der Waals surface area contributed by atoms with Gasteiger partial charge in [0.25, 0.3) is 0 Å². The highest BCUT2D eigenvalue weighted by atomic mass is 19.1. The molecule has 0 aliphatic rings. The monoisotopic (exact) mass is 350 g/mol. The van der Waals surface area contributed by atoms with Crippen LogP contribution in [0.3, 0.4) is 0 Å². The van der Waals surface area contributed by atoms with Crippen molar-refractivity contribution in [3.05, 3.63) is 84.3 Å². The lowest BCUT2D eigenvalue weighted by atomic mass is 10.0. The van der Waals surface area contributed by atoms with Crippen molar-refractivity contribution in [2.45, 2.75) is 6.92 Å². The molecule has 0 unspecified atom stereocenters. The molecule has 27 heavy (non-hydrogen) atoms. The minimum Gasteiger partial charge on any atom is -0.308 e. The maximum atomic E-state index is 14.1. The molecular formula is C24H15FN2. The number of rotatable bonds is 0. The fourth-order valence-electron chi connectivity index (χ4n) is 4.37. The first-order chi connectivity index (χ1) is 13.2. The molecule has 0 bridgehead atoms. The number of hydrogen-bond acceptors (Lipinski definition) is 1. The molecule has 0 radical (unpaired) electrons. The third-order valence-corrected chi connectivity index (χ3v) is 5.53. The summed E-state index contributed by atoms with van der Waals surface area (Å²) in [7, 11) is 0. The van der Waals surface area contributed by atoms with Crippen LogP contribution < -0.4 is 0 Å². The Morgan fingerprint density at radius 3 is 2.30 bits per heavy atom. The van der Waals surface area contributed by atoms with Crippen LogP contribution in [0.2, 0.25) is 0 Å². The Morgan fingerprint density at radius 2 is 1.44 bits per heavy atom. The summed E-state index contributed by atoms with van der Waals surface area (Å²) in [5.41, 5.74) is 5.25. The number of aromatic nitrogens is 2. The van der Waals surface area contributed by atoms with E-state index in [0.717, 1.165) is 54.7 Å². The minimum absolute atomic E-state index is 0.217. The van der Waals surface area contributed by atoms with E-state index in [1.165, 1.54) is 0 Å². The minimum atomic E-state index is -0.217. The lowest BCUT2D eigenvalue weighted by molar-refractivity contribution is 0.629. The van der Waals surface area contributed by atoms with E-state index in [4.69, 9.17) is 4.98 Å². The summed E-state index contributed by atoms with van der Waals surface area (Å²) in [4.78, 5) is 4.80. The van der Waals surface area contributed by atoms with Crippen LogP contribution in [0, 0.1) is 12.7 Å². The summed E-state index contributed by atoms with van der Waals surface area (Å²) in [6.45, 7) is 2.05. The fourth-order valence-corrected chi connectivity index (χ4v) is 4.37. The van der Waals surface area contributed by atoms with Gasteiger partial charge in [0.05, 0.1) is 22.1 Å². The second kappa shape index (κ2) is 5.04. The topological polar surface area (TPSA) is 17.3 Å². The highest BCUT2D eigenvalue weighted by Gasteiger charge is 2.16. The molecule has 0 N–H and O–H groups in total. The van der Waals surface area contributed by atoms with Crippen LogP contribution in [-0.4, -0.2) is 9.38 Å². The zero-order valence-corrected chi connectivity index (χ0v) is 14.7. The molecule has 0 aliphatic heterocycles. The molecule has 0 aliphatic carbocycles. The molecule has 128 valence electrons. The van der Waals surface area contributed by atoms with E-state index in [-0.39, 0.29) is 5.82 Å². The van der Waals surface area contributed by atoms with Gasteiger partial charge >= 0.3 is 0 Å². The largest absolute Gasteiger partial charge is 0.308 e. The first-order valence-electron chi connectivity index (χ1n) is 9.03. The van der Waals surface area contributed by atoms with Gasteiger partial charge in [-0.15, -0.1) is 0 Å². The maximum Gasteiger partial charge on any atom is 0.123 e. The Hall–Kier alpha value is -3.46. The average molecular weight is 350 g/mol. The number of aryl methyl sites for hydroxylation is 1. The summed E-state index contributed by atoms with van der Waals surface area (Å²) < 4.78 is 16.4. The molecule has 0 saturated carbocycles. The Labute approximate surface area is 154 Å². The number of nitrogens with zero attached hydrogens (tertiary/aromatic N) is 2. The van der Waals surface area contributed by atoms with Crippen molar-refractivity contribution in [3.8, 4) is 0 Å². The lowest BCUT2D eigenvalue weighted by Gasteiger charge is -2.11. The molecule has 0 amide bonds. The lowest BCUT2D eigenvalue weighted by Crippen LogP contribution is -1.93. The van der Waals surface area contributed by atoms with Crippen LogP contribution in [0.25, 0.3) is 49.0 Å². The van der Waals surface area contributed by atoms with E-state index >= 15 is 0 Å². The second-order valence-corrected chi connectivity index (χ2v) is 7.05. The number of para-hydroxylation sites is 1. The summed E-state index contributed by atoms with van der Waals surface area (Å²) in [5.74, 6) is -0.217. The molecule has 2 nitrogen and oxygen atoms in total. The summed E-state index contributed by atoms with van der Waals surface area (Å²) >= 11 is 0. The van der Waals surface area contributed by atoms with Gasteiger partial charge in [0, 0.05) is 27.2 Å². The molecule has 3 aromatic heterocycles. The second-order valence-electron chi connectivity index (χ2n) is 7.05. The van der Waals surface area contributed by atoms with Gasteiger partial charge < -0.3 is 4.40 Å². The Bertz CT molecular complexity index is 1540. The van der Waals surface area contributed by atoms with Gasteiger partial charge in [-0.05, 0) is 42.6 Å². The highest BCUT2D eigenvalue weighted by Crippen LogP contribution is 2.37. The van der Waals surface area contributed by atoms with Crippen molar-refractivity contribution in [2.24, 2.45) is 0 Å². The Morgan fingerprint density at radius 1 is 0.704 bits per heavy atom. The molecule has 6 rings (SSSR count). The molecule has 0 spiro atoms. The van der Waals surface area contributed by atoms with Gasteiger partial charge in [0.15, 0.2) is 0 Å². The SMILES string of the molecule is Cc1nc2ccccc2c2c1cc1c3ccccc3c3cc(F)ccc3n12. The van der Waals surface area contributed by atoms with Crippen LogP contribution in [0.4, 0.5) is 4.39 Å². The molecular weight excluding hydrogens is 335 g/mol. The molecule has 3 heterocycles. The van der Waals surface area contributed by atoms with Crippen molar-refractivity contribution < 1.29 is 4.39 Å². The first kappa shape index (κ1) is 14.7. The first-order valence-corrected chi connectivity index (χ1v) is 9.03. The number of fused-ring (bicyclic) bond motifs is 10. The smallest absolute Gasteiger partial charge is 0.123 e. The standard InChI is InChI=1S/C24H15FN2/c1-14-19-13-23-17-7-3-2-6-16(17)20-12-15(25)10-11-22(20)27(23)24(19)18-8-4-5-9-21(18)26-14/h2-13H,1H3. The van der Waals surface area contributed by atoms with Crippen LogP contribution >= 0.6 is 0 Å². The third-order valence-electron chi connectivity index (χ3n) is 5.53. The van der Waals surface area contributed by atoms with E-state index < -0.39 is 0 Å². The summed E-state index contributed by atoms with van der Waals surface area (Å²) in [5, 5.41) is 5.36. The van der Waals surface area contributed by atoms with E-state index in [1.54, 1.807) is 12.1 Å². The number of hydrogen-bond donors (Lipinski definition) is 0. The van der Waals surface area contributed by atoms with Crippen molar-refractivity contribution in [1.29, 1.82) is 0 Å². The van der Waals surface area contributed by atoms with E-state index in [2.05, 4.69) is 35.6 Å². The molecule has 0 atom stereocenters. The number of halogens is 1. The molecule has 3 heteroatoms. The van der Waals surface area contributed by atoms with Crippen molar-refractivity contribution in [1.82, 2.24) is 9.38 Å². The molecule has 6 aromatic rings. The van der Waals surface area contributed by atoms with Crippen molar-refractivity contribution in [2.75, 3.05) is 0 Å². The highest BCUT2D eigenvalue weighted by molar-refractivity contribution is 6.18. The van der Waals surface area contributed by atoms with E-state index in [0.29, 0.717) is 0 Å². The molecule has 0 saturated heterocycles. The number of benzene rings is 3. The number of pyridine rings is 2. The summed E-state index contributed by atoms with van der Waals surface area (Å²) in [6.07, 6.45) is 0. The van der Waals surface area contributed by atoms with Crippen LogP contribution in [0.1, 0.15) is 5.69 Å². The predicted molar refractivity (Wildman–Crippen MR) is 110 cm³/mol. The fraction of sp³-hybridized carbons (Fsp3) is 0.0417. The van der Waals surface area contributed by atoms with Gasteiger partial charge in [0.2, 0.25) is 0 Å². The Balaban J connectivity index is 2.05. The van der Waals surface area contributed by atoms with Crippen LogP contribution in [0.15, 0.2) is 72.8 Å². The van der Waals surface area contributed by atoms with E-state index in [1.807, 2.05) is 36.4 Å². The Kier molecular flexibility index (Phi) is 2.74. The van der Waals surface area contributed by atoms with E-state index in [9.17, 15) is 4.39 Å². The van der Waals surface area contributed by atoms with Crippen LogP contribution in [-0.2, 0) is 0 Å². The zero-order valence-electron chi connectivity index (χ0n) is 14.7.